The molecule has 0 radical (unpaired) electrons. The van der Waals surface area contributed by atoms with E-state index in [4.69, 9.17) is 0 Å². The smallest absolute Gasteiger partial charge is 0.145 e. The van der Waals surface area contributed by atoms with Gasteiger partial charge >= 0.3 is 0 Å². The molecule has 0 unspecified atom stereocenters. The van der Waals surface area contributed by atoms with E-state index in [-0.39, 0.29) is 17.3 Å². The predicted molar refractivity (Wildman–Crippen MR) is 74.1 cm³/mol. The molecular weight excluding hydrogens is 259 g/mol. The maximum Gasteiger partial charge on any atom is 0.145 e. The van der Waals surface area contributed by atoms with Gasteiger partial charge in [0.1, 0.15) is 23.1 Å². The van der Waals surface area contributed by atoms with Crippen LogP contribution in [0.25, 0.3) is 22.4 Å². The number of hydrogen-bond donors (Lipinski definition) is 2. The SMILES string of the molecule is CCn1c(-c2cc(O)ccc2O)nc2cc(F)ccc21. The maximum absolute atomic E-state index is 13.3. The molecule has 0 saturated heterocycles. The summed E-state index contributed by atoms with van der Waals surface area (Å²) in [5.41, 5.74) is 1.72. The van der Waals surface area contributed by atoms with E-state index in [1.54, 1.807) is 6.07 Å². The highest BCUT2D eigenvalue weighted by Crippen LogP contribution is 2.33. The van der Waals surface area contributed by atoms with E-state index in [1.165, 1.54) is 30.3 Å². The summed E-state index contributed by atoms with van der Waals surface area (Å²) in [6.45, 7) is 2.56. The number of rotatable bonds is 2. The van der Waals surface area contributed by atoms with Crippen molar-refractivity contribution in [2.24, 2.45) is 0 Å². The minimum atomic E-state index is -0.357. The Hall–Kier alpha value is -2.56. The summed E-state index contributed by atoms with van der Waals surface area (Å²) >= 11 is 0. The highest BCUT2D eigenvalue weighted by atomic mass is 19.1. The van der Waals surface area contributed by atoms with Crippen LogP contribution < -0.4 is 0 Å². The lowest BCUT2D eigenvalue weighted by Gasteiger charge is -2.08. The third-order valence-corrected chi connectivity index (χ3v) is 3.25. The summed E-state index contributed by atoms with van der Waals surface area (Å²) < 4.78 is 15.2. The first-order valence-electron chi connectivity index (χ1n) is 6.28. The number of imidazole rings is 1. The zero-order valence-corrected chi connectivity index (χ0v) is 10.8. The molecule has 0 aliphatic rings. The second kappa shape index (κ2) is 4.52. The molecule has 1 heterocycles. The average molecular weight is 272 g/mol. The predicted octanol–water partition coefficient (Wildman–Crippen LogP) is 3.27. The molecule has 0 aliphatic heterocycles. The van der Waals surface area contributed by atoms with Gasteiger partial charge in [-0.05, 0) is 37.3 Å². The molecule has 102 valence electrons. The quantitative estimate of drug-likeness (QED) is 0.704. The number of aryl methyl sites for hydroxylation is 1. The first kappa shape index (κ1) is 12.5. The Kier molecular flexibility index (Phi) is 2.82. The van der Waals surface area contributed by atoms with Crippen LogP contribution >= 0.6 is 0 Å². The highest BCUT2D eigenvalue weighted by Gasteiger charge is 2.15. The van der Waals surface area contributed by atoms with Gasteiger partial charge in [-0.2, -0.15) is 0 Å². The van der Waals surface area contributed by atoms with E-state index < -0.39 is 0 Å². The summed E-state index contributed by atoms with van der Waals surface area (Å²) in [5.74, 6) is 0.207. The lowest BCUT2D eigenvalue weighted by atomic mass is 10.1. The molecule has 0 saturated carbocycles. The number of aromatic nitrogens is 2. The molecule has 0 amide bonds. The van der Waals surface area contributed by atoms with Crippen molar-refractivity contribution in [3.63, 3.8) is 0 Å². The Balaban J connectivity index is 2.32. The molecule has 4 nitrogen and oxygen atoms in total. The summed E-state index contributed by atoms with van der Waals surface area (Å²) in [5, 5.41) is 19.5. The van der Waals surface area contributed by atoms with Gasteiger partial charge in [-0.15, -0.1) is 0 Å². The minimum absolute atomic E-state index is 0.0216. The van der Waals surface area contributed by atoms with Gasteiger partial charge in [0, 0.05) is 12.6 Å². The molecule has 3 aromatic rings. The average Bonchev–Trinajstić information content (AvgIpc) is 2.78. The van der Waals surface area contributed by atoms with E-state index >= 15 is 0 Å². The Morgan fingerprint density at radius 2 is 1.95 bits per heavy atom. The highest BCUT2D eigenvalue weighted by molar-refractivity contribution is 5.82. The lowest BCUT2D eigenvalue weighted by Crippen LogP contribution is -1.97. The topological polar surface area (TPSA) is 58.3 Å². The van der Waals surface area contributed by atoms with Crippen LogP contribution in [0, 0.1) is 5.82 Å². The molecule has 1 aromatic heterocycles. The van der Waals surface area contributed by atoms with Crippen molar-refractivity contribution in [1.82, 2.24) is 9.55 Å². The van der Waals surface area contributed by atoms with Crippen molar-refractivity contribution in [2.45, 2.75) is 13.5 Å². The van der Waals surface area contributed by atoms with Crippen molar-refractivity contribution in [1.29, 1.82) is 0 Å². The summed E-state index contributed by atoms with van der Waals surface area (Å²) in [4.78, 5) is 4.37. The zero-order valence-electron chi connectivity index (χ0n) is 10.8. The molecule has 0 fully saturated rings. The van der Waals surface area contributed by atoms with Crippen LogP contribution in [0.1, 0.15) is 6.92 Å². The largest absolute Gasteiger partial charge is 0.508 e. The number of aromatic hydroxyl groups is 2. The number of fused-ring (bicyclic) bond motifs is 1. The molecule has 2 aromatic carbocycles. The molecule has 5 heteroatoms. The van der Waals surface area contributed by atoms with Crippen LogP contribution in [0.2, 0.25) is 0 Å². The van der Waals surface area contributed by atoms with Crippen LogP contribution in [0.5, 0.6) is 11.5 Å². The van der Waals surface area contributed by atoms with Crippen LogP contribution in [-0.2, 0) is 6.54 Å². The first-order chi connectivity index (χ1) is 9.60. The van der Waals surface area contributed by atoms with Gasteiger partial charge in [0.15, 0.2) is 0 Å². The number of benzene rings is 2. The Morgan fingerprint density at radius 3 is 2.70 bits per heavy atom. The van der Waals surface area contributed by atoms with Crippen LogP contribution in [0.3, 0.4) is 0 Å². The van der Waals surface area contributed by atoms with Crippen LogP contribution in [-0.4, -0.2) is 19.8 Å². The zero-order chi connectivity index (χ0) is 14.3. The van der Waals surface area contributed by atoms with E-state index in [0.29, 0.717) is 23.4 Å². The second-order valence-corrected chi connectivity index (χ2v) is 4.51. The van der Waals surface area contributed by atoms with Crippen molar-refractivity contribution in [2.75, 3.05) is 0 Å². The normalized spacial score (nSPS) is 11.1. The van der Waals surface area contributed by atoms with Crippen molar-refractivity contribution in [3.8, 4) is 22.9 Å². The lowest BCUT2D eigenvalue weighted by molar-refractivity contribution is 0.461. The van der Waals surface area contributed by atoms with Gasteiger partial charge in [0.25, 0.3) is 0 Å². The van der Waals surface area contributed by atoms with Crippen molar-refractivity contribution < 1.29 is 14.6 Å². The van der Waals surface area contributed by atoms with E-state index in [9.17, 15) is 14.6 Å². The van der Waals surface area contributed by atoms with Crippen molar-refractivity contribution >= 4 is 11.0 Å². The van der Waals surface area contributed by atoms with Gasteiger partial charge in [-0.25, -0.2) is 9.37 Å². The Labute approximate surface area is 114 Å². The van der Waals surface area contributed by atoms with Crippen LogP contribution in [0.4, 0.5) is 4.39 Å². The first-order valence-corrected chi connectivity index (χ1v) is 6.28. The fraction of sp³-hybridized carbons (Fsp3) is 0.133. The molecule has 20 heavy (non-hydrogen) atoms. The molecule has 0 aliphatic carbocycles. The third kappa shape index (κ3) is 1.87. The molecular formula is C15H13FN2O2. The van der Waals surface area contributed by atoms with Gasteiger partial charge in [-0.1, -0.05) is 0 Å². The molecule has 0 atom stereocenters. The fourth-order valence-corrected chi connectivity index (χ4v) is 2.33. The number of halogens is 1. The maximum atomic E-state index is 13.3. The summed E-state index contributed by atoms with van der Waals surface area (Å²) in [7, 11) is 0. The van der Waals surface area contributed by atoms with Crippen molar-refractivity contribution in [3.05, 3.63) is 42.2 Å². The van der Waals surface area contributed by atoms with Gasteiger partial charge < -0.3 is 14.8 Å². The number of nitrogens with zero attached hydrogens (tertiary/aromatic N) is 2. The molecule has 2 N–H and O–H groups in total. The standard InChI is InChI=1S/C15H13FN2O2/c1-2-18-13-5-3-9(16)7-12(13)17-15(18)11-8-10(19)4-6-14(11)20/h3-8,19-20H,2H2,1H3. The second-order valence-electron chi connectivity index (χ2n) is 4.51. The van der Waals surface area contributed by atoms with Gasteiger partial charge in [0.05, 0.1) is 16.6 Å². The molecule has 3 rings (SSSR count). The molecule has 0 spiro atoms. The summed E-state index contributed by atoms with van der Waals surface area (Å²) in [6.07, 6.45) is 0. The summed E-state index contributed by atoms with van der Waals surface area (Å²) in [6, 6.07) is 8.64. The number of hydrogen-bond acceptors (Lipinski definition) is 3. The fourth-order valence-electron chi connectivity index (χ4n) is 2.33. The van der Waals surface area contributed by atoms with E-state index in [0.717, 1.165) is 5.52 Å². The number of phenols is 2. The van der Waals surface area contributed by atoms with Gasteiger partial charge in [-0.3, -0.25) is 0 Å². The number of phenolic OH excluding ortho intramolecular Hbond substituents is 2. The molecule has 0 bridgehead atoms. The van der Waals surface area contributed by atoms with Gasteiger partial charge in [0.2, 0.25) is 0 Å². The minimum Gasteiger partial charge on any atom is -0.508 e. The Bertz CT molecular complexity index is 796. The van der Waals surface area contributed by atoms with Crippen LogP contribution in [0.15, 0.2) is 36.4 Å². The monoisotopic (exact) mass is 272 g/mol. The Morgan fingerprint density at radius 1 is 1.15 bits per heavy atom. The van der Waals surface area contributed by atoms with E-state index in [2.05, 4.69) is 4.98 Å². The van der Waals surface area contributed by atoms with E-state index in [1.807, 2.05) is 11.5 Å². The third-order valence-electron chi connectivity index (χ3n) is 3.25.